The third kappa shape index (κ3) is 4.92. The molecular formula is C16H26N4O. The van der Waals surface area contributed by atoms with Gasteiger partial charge in [-0.1, -0.05) is 0 Å². The molecule has 0 saturated carbocycles. The second kappa shape index (κ2) is 7.29. The Balaban J connectivity index is 1.74. The van der Waals surface area contributed by atoms with Crippen LogP contribution in [0.2, 0.25) is 0 Å². The van der Waals surface area contributed by atoms with E-state index in [1.807, 2.05) is 27.0 Å². The van der Waals surface area contributed by atoms with Crippen LogP contribution >= 0.6 is 0 Å². The zero-order valence-corrected chi connectivity index (χ0v) is 13.2. The largest absolute Gasteiger partial charge is 0.371 e. The Morgan fingerprint density at radius 3 is 2.76 bits per heavy atom. The number of carbonyl (C=O) groups is 1. The molecule has 2 amide bonds. The first-order valence-corrected chi connectivity index (χ1v) is 7.76. The van der Waals surface area contributed by atoms with E-state index < -0.39 is 0 Å². The molecule has 0 unspecified atom stereocenters. The van der Waals surface area contributed by atoms with Crippen molar-refractivity contribution in [3.05, 3.63) is 24.0 Å². The first kappa shape index (κ1) is 15.6. The number of aryl methyl sites for hydroxylation is 1. The van der Waals surface area contributed by atoms with E-state index in [0.29, 0.717) is 5.92 Å². The third-order valence-electron chi connectivity index (χ3n) is 3.83. The predicted octanol–water partition coefficient (Wildman–Crippen LogP) is 2.31. The molecule has 1 aliphatic heterocycles. The van der Waals surface area contributed by atoms with Crippen LogP contribution in [0.5, 0.6) is 0 Å². The van der Waals surface area contributed by atoms with E-state index in [-0.39, 0.29) is 12.1 Å². The first-order valence-electron chi connectivity index (χ1n) is 7.76. The van der Waals surface area contributed by atoms with Gasteiger partial charge in [0.05, 0.1) is 0 Å². The van der Waals surface area contributed by atoms with E-state index in [2.05, 4.69) is 32.7 Å². The molecule has 5 heteroatoms. The quantitative estimate of drug-likeness (QED) is 0.894. The van der Waals surface area contributed by atoms with Crippen molar-refractivity contribution in [2.75, 3.05) is 24.5 Å². The van der Waals surface area contributed by atoms with Gasteiger partial charge in [0.2, 0.25) is 0 Å². The van der Waals surface area contributed by atoms with Crippen molar-refractivity contribution in [1.29, 1.82) is 0 Å². The summed E-state index contributed by atoms with van der Waals surface area (Å²) in [6, 6.07) is 4.33. The summed E-state index contributed by atoms with van der Waals surface area (Å²) in [5, 5.41) is 5.82. The Morgan fingerprint density at radius 1 is 1.43 bits per heavy atom. The van der Waals surface area contributed by atoms with Crippen molar-refractivity contribution in [3.63, 3.8) is 0 Å². The number of piperidine rings is 1. The zero-order valence-electron chi connectivity index (χ0n) is 13.2. The Labute approximate surface area is 127 Å². The summed E-state index contributed by atoms with van der Waals surface area (Å²) in [7, 11) is 0. The van der Waals surface area contributed by atoms with Gasteiger partial charge >= 0.3 is 6.03 Å². The maximum atomic E-state index is 11.6. The lowest BCUT2D eigenvalue weighted by Gasteiger charge is -2.33. The molecule has 0 aliphatic carbocycles. The number of amides is 2. The van der Waals surface area contributed by atoms with Gasteiger partial charge < -0.3 is 15.5 Å². The van der Waals surface area contributed by atoms with Gasteiger partial charge in [0.15, 0.2) is 0 Å². The minimum Gasteiger partial charge on any atom is -0.371 e. The smallest absolute Gasteiger partial charge is 0.314 e. The lowest BCUT2D eigenvalue weighted by molar-refractivity contribution is 0.235. The van der Waals surface area contributed by atoms with Gasteiger partial charge in [-0.05, 0) is 51.7 Å². The van der Waals surface area contributed by atoms with Crippen LogP contribution in [0.1, 0.15) is 32.4 Å². The highest BCUT2D eigenvalue weighted by Gasteiger charge is 2.20. The van der Waals surface area contributed by atoms with Gasteiger partial charge in [0, 0.05) is 43.3 Å². The summed E-state index contributed by atoms with van der Waals surface area (Å²) in [6.45, 7) is 8.81. The molecule has 1 aliphatic rings. The molecule has 1 saturated heterocycles. The maximum absolute atomic E-state index is 11.6. The van der Waals surface area contributed by atoms with Crippen LogP contribution in [0.3, 0.4) is 0 Å². The van der Waals surface area contributed by atoms with Crippen molar-refractivity contribution in [1.82, 2.24) is 15.6 Å². The molecule has 116 valence electrons. The van der Waals surface area contributed by atoms with Gasteiger partial charge in [-0.15, -0.1) is 0 Å². The fourth-order valence-electron chi connectivity index (χ4n) is 2.67. The van der Waals surface area contributed by atoms with Crippen LogP contribution < -0.4 is 15.5 Å². The van der Waals surface area contributed by atoms with Crippen LogP contribution in [-0.4, -0.2) is 36.7 Å². The highest BCUT2D eigenvalue weighted by molar-refractivity contribution is 5.74. The molecule has 0 atom stereocenters. The number of aromatic nitrogens is 1. The van der Waals surface area contributed by atoms with Gasteiger partial charge in [0.25, 0.3) is 0 Å². The van der Waals surface area contributed by atoms with Crippen LogP contribution in [0, 0.1) is 12.8 Å². The Bertz CT molecular complexity index is 467. The topological polar surface area (TPSA) is 57.3 Å². The van der Waals surface area contributed by atoms with Gasteiger partial charge in [-0.2, -0.15) is 0 Å². The van der Waals surface area contributed by atoms with Crippen molar-refractivity contribution in [3.8, 4) is 0 Å². The van der Waals surface area contributed by atoms with Crippen molar-refractivity contribution >= 4 is 11.7 Å². The fraction of sp³-hybridized carbons (Fsp3) is 0.625. The highest BCUT2D eigenvalue weighted by Crippen LogP contribution is 2.22. The number of pyridine rings is 1. The molecule has 2 rings (SSSR count). The number of urea groups is 1. The van der Waals surface area contributed by atoms with E-state index in [4.69, 9.17) is 0 Å². The molecule has 0 aromatic carbocycles. The molecule has 0 bridgehead atoms. The van der Waals surface area contributed by atoms with E-state index in [9.17, 15) is 4.79 Å². The van der Waals surface area contributed by atoms with E-state index in [1.165, 1.54) is 5.69 Å². The van der Waals surface area contributed by atoms with E-state index in [0.717, 1.165) is 38.2 Å². The highest BCUT2D eigenvalue weighted by atomic mass is 16.2. The number of hydrogen-bond acceptors (Lipinski definition) is 3. The SMILES string of the molecule is Cc1cc(N2CCC(CNC(=O)NC(C)C)CC2)ccn1. The van der Waals surface area contributed by atoms with Crippen LogP contribution in [-0.2, 0) is 0 Å². The van der Waals surface area contributed by atoms with Gasteiger partial charge in [0.1, 0.15) is 0 Å². The Kier molecular flexibility index (Phi) is 5.42. The molecule has 1 aromatic heterocycles. The predicted molar refractivity (Wildman–Crippen MR) is 85.6 cm³/mol. The maximum Gasteiger partial charge on any atom is 0.314 e. The van der Waals surface area contributed by atoms with Crippen LogP contribution in [0.25, 0.3) is 0 Å². The minimum absolute atomic E-state index is 0.0582. The monoisotopic (exact) mass is 290 g/mol. The molecule has 21 heavy (non-hydrogen) atoms. The van der Waals surface area contributed by atoms with Gasteiger partial charge in [-0.25, -0.2) is 4.79 Å². The fourth-order valence-corrected chi connectivity index (χ4v) is 2.67. The summed E-state index contributed by atoms with van der Waals surface area (Å²) in [5.41, 5.74) is 2.31. The lowest BCUT2D eigenvalue weighted by Crippen LogP contribution is -2.43. The van der Waals surface area contributed by atoms with Crippen molar-refractivity contribution < 1.29 is 4.79 Å². The first-order chi connectivity index (χ1) is 10.0. The molecule has 1 aromatic rings. The summed E-state index contributed by atoms with van der Waals surface area (Å²) in [5.74, 6) is 0.571. The van der Waals surface area contributed by atoms with Crippen molar-refractivity contribution in [2.24, 2.45) is 5.92 Å². The number of anilines is 1. The molecule has 0 radical (unpaired) electrons. The Hall–Kier alpha value is -1.78. The second-order valence-electron chi connectivity index (χ2n) is 6.09. The molecule has 0 spiro atoms. The van der Waals surface area contributed by atoms with Gasteiger partial charge in [-0.3, -0.25) is 4.98 Å². The number of carbonyl (C=O) groups excluding carboxylic acids is 1. The summed E-state index contributed by atoms with van der Waals surface area (Å²) < 4.78 is 0. The van der Waals surface area contributed by atoms with Crippen molar-refractivity contribution in [2.45, 2.75) is 39.7 Å². The van der Waals surface area contributed by atoms with E-state index >= 15 is 0 Å². The summed E-state index contributed by atoms with van der Waals surface area (Å²) in [4.78, 5) is 18.2. The van der Waals surface area contributed by atoms with E-state index in [1.54, 1.807) is 0 Å². The summed E-state index contributed by atoms with van der Waals surface area (Å²) in [6.07, 6.45) is 4.10. The standard InChI is InChI=1S/C16H26N4O/c1-12(2)19-16(21)18-11-14-5-8-20(9-6-14)15-4-7-17-13(3)10-15/h4,7,10,12,14H,5-6,8-9,11H2,1-3H3,(H2,18,19,21). The average molecular weight is 290 g/mol. The third-order valence-corrected chi connectivity index (χ3v) is 3.83. The average Bonchev–Trinajstić information content (AvgIpc) is 2.45. The minimum atomic E-state index is -0.0582. The summed E-state index contributed by atoms with van der Waals surface area (Å²) >= 11 is 0. The molecular weight excluding hydrogens is 264 g/mol. The molecule has 2 N–H and O–H groups in total. The zero-order chi connectivity index (χ0) is 15.2. The molecule has 1 fully saturated rings. The number of nitrogens with zero attached hydrogens (tertiary/aromatic N) is 2. The molecule has 2 heterocycles. The number of nitrogens with one attached hydrogen (secondary N) is 2. The normalized spacial score (nSPS) is 16.1. The van der Waals surface area contributed by atoms with Crippen LogP contribution in [0.4, 0.5) is 10.5 Å². The Morgan fingerprint density at radius 2 is 2.14 bits per heavy atom. The van der Waals surface area contributed by atoms with Crippen LogP contribution in [0.15, 0.2) is 18.3 Å². The lowest BCUT2D eigenvalue weighted by atomic mass is 9.96. The second-order valence-corrected chi connectivity index (χ2v) is 6.09. The number of hydrogen-bond donors (Lipinski definition) is 2. The number of rotatable bonds is 4. The molecule has 5 nitrogen and oxygen atoms in total.